The molecule has 1 aliphatic heterocycles. The number of hydrogen-bond acceptors (Lipinski definition) is 5. The first-order valence-corrected chi connectivity index (χ1v) is 11.6. The van der Waals surface area contributed by atoms with Crippen LogP contribution in [0.15, 0.2) is 60.8 Å². The Labute approximate surface area is 188 Å². The lowest BCUT2D eigenvalue weighted by Gasteiger charge is -2.35. The highest BCUT2D eigenvalue weighted by Gasteiger charge is 2.35. The van der Waals surface area contributed by atoms with Crippen LogP contribution < -0.4 is 4.90 Å². The molecule has 1 aromatic heterocycles. The van der Waals surface area contributed by atoms with E-state index in [4.69, 9.17) is 11.6 Å². The topological polar surface area (TPSA) is 78.8 Å². The van der Waals surface area contributed by atoms with Gasteiger partial charge < -0.3 is 9.80 Å². The molecule has 0 bridgehead atoms. The van der Waals surface area contributed by atoms with Gasteiger partial charge in [0, 0.05) is 63.2 Å². The van der Waals surface area contributed by atoms with Crippen LogP contribution in [0.5, 0.6) is 0 Å². The zero-order chi connectivity index (χ0) is 22.6. The molecule has 1 aliphatic rings. The predicted molar refractivity (Wildman–Crippen MR) is 122 cm³/mol. The Bertz CT molecular complexity index is 1050. The van der Waals surface area contributed by atoms with E-state index in [0.29, 0.717) is 18.1 Å². The van der Waals surface area contributed by atoms with Crippen molar-refractivity contribution in [2.75, 3.05) is 44.2 Å². The number of hydrogen-bond donors (Lipinski definition) is 0. The number of anilines is 1. The number of aryl methyl sites for hydroxylation is 1. The Balaban J connectivity index is 1.81. The number of carbonyl (C=O) groups is 1. The highest BCUT2D eigenvalue weighted by atomic mass is 35.5. The van der Waals surface area contributed by atoms with Crippen LogP contribution in [-0.2, 0) is 17.1 Å². The summed E-state index contributed by atoms with van der Waals surface area (Å²) in [6.07, 6.45) is 4.61. The van der Waals surface area contributed by atoms with Crippen molar-refractivity contribution in [3.8, 4) is 0 Å². The largest absolute Gasteiger partial charge is 0.369 e. The SMILES string of the molecule is C=CCN(CC=C)C(=O)c1cn(C)nc1S(=O)(=O)N1CCN(c2ccc(Cl)cc2)CC1. The minimum atomic E-state index is -3.94. The summed E-state index contributed by atoms with van der Waals surface area (Å²) in [6.45, 7) is 9.50. The highest BCUT2D eigenvalue weighted by molar-refractivity contribution is 7.89. The van der Waals surface area contributed by atoms with E-state index in [0.717, 1.165) is 5.69 Å². The van der Waals surface area contributed by atoms with Crippen LogP contribution >= 0.6 is 11.6 Å². The first kappa shape index (κ1) is 23.1. The first-order valence-electron chi connectivity index (χ1n) is 9.83. The van der Waals surface area contributed by atoms with Crippen LogP contribution in [0.1, 0.15) is 10.4 Å². The molecular formula is C21H26ClN5O3S. The smallest absolute Gasteiger partial charge is 0.263 e. The Morgan fingerprint density at radius 3 is 2.26 bits per heavy atom. The zero-order valence-corrected chi connectivity index (χ0v) is 19.0. The van der Waals surface area contributed by atoms with Gasteiger partial charge >= 0.3 is 0 Å². The van der Waals surface area contributed by atoms with Gasteiger partial charge in [-0.25, -0.2) is 8.42 Å². The molecule has 0 saturated carbocycles. The lowest BCUT2D eigenvalue weighted by molar-refractivity contribution is 0.0786. The summed E-state index contributed by atoms with van der Waals surface area (Å²) in [5.74, 6) is -0.425. The Hall–Kier alpha value is -2.62. The number of nitrogens with zero attached hydrogens (tertiary/aromatic N) is 5. The molecule has 0 spiro atoms. The molecule has 0 N–H and O–H groups in total. The van der Waals surface area contributed by atoms with E-state index in [1.165, 1.54) is 20.1 Å². The van der Waals surface area contributed by atoms with Gasteiger partial charge in [0.05, 0.1) is 5.56 Å². The van der Waals surface area contributed by atoms with Crippen LogP contribution in [0.3, 0.4) is 0 Å². The standard InChI is InChI=1S/C21H26ClN5O3S/c1-4-10-26(11-5-2)21(28)19-16-24(3)23-20(19)31(29,30)27-14-12-25(13-15-27)18-8-6-17(22)7-9-18/h4-9,16H,1-2,10-15H2,3H3. The molecular weight excluding hydrogens is 438 g/mol. The molecule has 0 radical (unpaired) electrons. The van der Waals surface area contributed by atoms with Crippen molar-refractivity contribution in [2.45, 2.75) is 5.03 Å². The van der Waals surface area contributed by atoms with Gasteiger partial charge in [-0.2, -0.15) is 9.40 Å². The van der Waals surface area contributed by atoms with Gasteiger partial charge in [0.2, 0.25) is 5.03 Å². The van der Waals surface area contributed by atoms with Crippen molar-refractivity contribution in [1.82, 2.24) is 19.0 Å². The minimum Gasteiger partial charge on any atom is -0.369 e. The molecule has 31 heavy (non-hydrogen) atoms. The zero-order valence-electron chi connectivity index (χ0n) is 17.4. The van der Waals surface area contributed by atoms with Crippen molar-refractivity contribution < 1.29 is 13.2 Å². The average Bonchev–Trinajstić information content (AvgIpc) is 3.16. The van der Waals surface area contributed by atoms with Gasteiger partial charge in [0.1, 0.15) is 0 Å². The van der Waals surface area contributed by atoms with E-state index < -0.39 is 15.9 Å². The number of aromatic nitrogens is 2. The van der Waals surface area contributed by atoms with Crippen molar-refractivity contribution >= 4 is 33.2 Å². The van der Waals surface area contributed by atoms with Crippen molar-refractivity contribution in [3.63, 3.8) is 0 Å². The third-order valence-electron chi connectivity index (χ3n) is 5.03. The number of piperazine rings is 1. The quantitative estimate of drug-likeness (QED) is 0.562. The summed E-state index contributed by atoms with van der Waals surface area (Å²) < 4.78 is 29.4. The second kappa shape index (κ2) is 9.67. The normalized spacial score (nSPS) is 15.0. The third-order valence-corrected chi connectivity index (χ3v) is 7.11. The second-order valence-corrected chi connectivity index (χ2v) is 9.47. The molecule has 1 fully saturated rings. The minimum absolute atomic E-state index is 0.0475. The lowest BCUT2D eigenvalue weighted by atomic mass is 10.2. The van der Waals surface area contributed by atoms with Crippen LogP contribution in [0, 0.1) is 0 Å². The summed E-state index contributed by atoms with van der Waals surface area (Å²) in [4.78, 5) is 16.6. The van der Waals surface area contributed by atoms with Gasteiger partial charge in [0.25, 0.3) is 15.9 Å². The summed E-state index contributed by atoms with van der Waals surface area (Å²) >= 11 is 5.95. The van der Waals surface area contributed by atoms with Crippen molar-refractivity contribution in [1.29, 1.82) is 0 Å². The Morgan fingerprint density at radius 2 is 1.71 bits per heavy atom. The molecule has 10 heteroatoms. The summed E-state index contributed by atoms with van der Waals surface area (Å²) in [5, 5.41) is 4.56. The molecule has 2 aromatic rings. The summed E-state index contributed by atoms with van der Waals surface area (Å²) in [6, 6.07) is 7.44. The first-order chi connectivity index (χ1) is 14.8. The summed E-state index contributed by atoms with van der Waals surface area (Å²) in [7, 11) is -2.34. The maximum absolute atomic E-state index is 13.4. The van der Waals surface area contributed by atoms with E-state index in [1.54, 1.807) is 19.2 Å². The maximum Gasteiger partial charge on any atom is 0.263 e. The lowest BCUT2D eigenvalue weighted by Crippen LogP contribution is -2.49. The average molecular weight is 464 g/mol. The Kier molecular flexibility index (Phi) is 7.19. The predicted octanol–water partition coefficient (Wildman–Crippen LogP) is 2.40. The van der Waals surface area contributed by atoms with Crippen LogP contribution in [-0.4, -0.2) is 72.6 Å². The van der Waals surface area contributed by atoms with Gasteiger partial charge in [0.15, 0.2) is 0 Å². The van der Waals surface area contributed by atoms with Gasteiger partial charge in [-0.3, -0.25) is 9.48 Å². The summed E-state index contributed by atoms with van der Waals surface area (Å²) in [5.41, 5.74) is 1.03. The number of benzene rings is 1. The molecule has 166 valence electrons. The Morgan fingerprint density at radius 1 is 1.13 bits per heavy atom. The fourth-order valence-corrected chi connectivity index (χ4v) is 5.15. The number of rotatable bonds is 8. The number of sulfonamides is 1. The number of halogens is 1. The fraction of sp³-hybridized carbons (Fsp3) is 0.333. The monoisotopic (exact) mass is 463 g/mol. The maximum atomic E-state index is 13.4. The van der Waals surface area contributed by atoms with Gasteiger partial charge in [-0.1, -0.05) is 23.8 Å². The molecule has 1 saturated heterocycles. The van der Waals surface area contributed by atoms with Crippen molar-refractivity contribution in [3.05, 3.63) is 66.4 Å². The van der Waals surface area contributed by atoms with Crippen LogP contribution in [0.4, 0.5) is 5.69 Å². The van der Waals surface area contributed by atoms with E-state index in [2.05, 4.69) is 23.2 Å². The molecule has 0 atom stereocenters. The molecule has 1 aromatic carbocycles. The second-order valence-electron chi connectivity index (χ2n) is 7.18. The van der Waals surface area contributed by atoms with E-state index >= 15 is 0 Å². The molecule has 2 heterocycles. The molecule has 3 rings (SSSR count). The number of amides is 1. The number of carbonyl (C=O) groups excluding carboxylic acids is 1. The van der Waals surface area contributed by atoms with E-state index in [-0.39, 0.29) is 36.8 Å². The fourth-order valence-electron chi connectivity index (χ4n) is 3.49. The van der Waals surface area contributed by atoms with E-state index in [9.17, 15) is 13.2 Å². The molecule has 0 aliphatic carbocycles. The molecule has 8 nitrogen and oxygen atoms in total. The van der Waals surface area contributed by atoms with Gasteiger partial charge in [-0.15, -0.1) is 13.2 Å². The highest BCUT2D eigenvalue weighted by Crippen LogP contribution is 2.24. The van der Waals surface area contributed by atoms with E-state index in [1.807, 2.05) is 24.3 Å². The third kappa shape index (κ3) is 5.00. The van der Waals surface area contributed by atoms with Gasteiger partial charge in [-0.05, 0) is 24.3 Å². The van der Waals surface area contributed by atoms with Crippen LogP contribution in [0.25, 0.3) is 0 Å². The van der Waals surface area contributed by atoms with Crippen molar-refractivity contribution in [2.24, 2.45) is 7.05 Å². The molecule has 1 amide bonds. The molecule has 0 unspecified atom stereocenters. The van der Waals surface area contributed by atoms with Crippen LogP contribution in [0.2, 0.25) is 5.02 Å².